The van der Waals surface area contributed by atoms with Crippen molar-refractivity contribution >= 4 is 34.2 Å². The van der Waals surface area contributed by atoms with Gasteiger partial charge in [-0.25, -0.2) is 9.59 Å². The Kier molecular flexibility index (Phi) is 6.18. The first-order chi connectivity index (χ1) is 15.5. The first kappa shape index (κ1) is 21.1. The van der Waals surface area contributed by atoms with Crippen LogP contribution in [-0.4, -0.2) is 27.1 Å². The zero-order chi connectivity index (χ0) is 22.5. The number of rotatable bonds is 6. The summed E-state index contributed by atoms with van der Waals surface area (Å²) in [4.78, 5) is 41.9. The van der Waals surface area contributed by atoms with Gasteiger partial charge < -0.3 is 15.4 Å². The summed E-state index contributed by atoms with van der Waals surface area (Å²) in [6.07, 6.45) is 3.03. The van der Waals surface area contributed by atoms with E-state index in [0.29, 0.717) is 33.1 Å². The van der Waals surface area contributed by atoms with Crippen molar-refractivity contribution in [2.45, 2.75) is 6.54 Å². The van der Waals surface area contributed by atoms with Crippen LogP contribution in [0.3, 0.4) is 0 Å². The van der Waals surface area contributed by atoms with Gasteiger partial charge in [-0.3, -0.25) is 19.3 Å². The Morgan fingerprint density at radius 2 is 1.91 bits per heavy atom. The standard InChI is InChI=1S/C22H18ClN5O4/c23-14-3-5-15(6-4-14)32-18-8-7-17-16(2-1-10-24-17)20(18)27-21(30)25-11-13-28-12-9-19(29)26-22(28)31/h1-10,12H,11,13H2,(H2,25,27,30)(H,26,29,31). The molecule has 0 radical (unpaired) electrons. The Morgan fingerprint density at radius 1 is 1.09 bits per heavy atom. The van der Waals surface area contributed by atoms with Gasteiger partial charge in [-0.2, -0.15) is 0 Å². The summed E-state index contributed by atoms with van der Waals surface area (Å²) < 4.78 is 7.26. The number of benzene rings is 2. The molecule has 2 aromatic carbocycles. The molecule has 0 atom stereocenters. The number of hydrogen-bond acceptors (Lipinski definition) is 5. The smallest absolute Gasteiger partial charge is 0.328 e. The fourth-order valence-corrected chi connectivity index (χ4v) is 3.17. The molecule has 4 aromatic rings. The van der Waals surface area contributed by atoms with E-state index in [1.54, 1.807) is 48.7 Å². The third kappa shape index (κ3) is 4.96. The Hall–Kier alpha value is -4.11. The normalized spacial score (nSPS) is 10.7. The minimum absolute atomic E-state index is 0.161. The zero-order valence-electron chi connectivity index (χ0n) is 16.7. The second-order valence-electron chi connectivity index (χ2n) is 6.75. The highest BCUT2D eigenvalue weighted by Crippen LogP contribution is 2.35. The summed E-state index contributed by atoms with van der Waals surface area (Å²) >= 11 is 5.94. The predicted molar refractivity (Wildman–Crippen MR) is 122 cm³/mol. The molecular formula is C22H18ClN5O4. The Labute approximate surface area is 186 Å². The lowest BCUT2D eigenvalue weighted by Gasteiger charge is -2.15. The average Bonchev–Trinajstić information content (AvgIpc) is 2.78. The highest BCUT2D eigenvalue weighted by atomic mass is 35.5. The maximum Gasteiger partial charge on any atom is 0.328 e. The van der Waals surface area contributed by atoms with Gasteiger partial charge in [0.2, 0.25) is 0 Å². The number of H-pyrrole nitrogens is 1. The first-order valence-corrected chi connectivity index (χ1v) is 10.0. The van der Waals surface area contributed by atoms with E-state index in [0.717, 1.165) is 0 Å². The van der Waals surface area contributed by atoms with Crippen molar-refractivity contribution in [3.05, 3.63) is 92.9 Å². The van der Waals surface area contributed by atoms with Gasteiger partial charge in [0.25, 0.3) is 5.56 Å². The van der Waals surface area contributed by atoms with Crippen molar-refractivity contribution in [2.24, 2.45) is 0 Å². The number of fused-ring (bicyclic) bond motifs is 1. The van der Waals surface area contributed by atoms with Crippen LogP contribution < -0.4 is 26.6 Å². The first-order valence-electron chi connectivity index (χ1n) is 9.65. The van der Waals surface area contributed by atoms with E-state index in [9.17, 15) is 14.4 Å². The Balaban J connectivity index is 1.52. The lowest BCUT2D eigenvalue weighted by atomic mass is 10.1. The second-order valence-corrected chi connectivity index (χ2v) is 7.19. The zero-order valence-corrected chi connectivity index (χ0v) is 17.4. The lowest BCUT2D eigenvalue weighted by molar-refractivity contribution is 0.251. The molecule has 2 amide bonds. The minimum Gasteiger partial charge on any atom is -0.455 e. The predicted octanol–water partition coefficient (Wildman–Crippen LogP) is 3.35. The Bertz CT molecular complexity index is 1380. The van der Waals surface area contributed by atoms with Crippen LogP contribution in [0.4, 0.5) is 10.5 Å². The highest BCUT2D eigenvalue weighted by molar-refractivity contribution is 6.30. The van der Waals surface area contributed by atoms with Crippen molar-refractivity contribution in [2.75, 3.05) is 11.9 Å². The highest BCUT2D eigenvalue weighted by Gasteiger charge is 2.14. The summed E-state index contributed by atoms with van der Waals surface area (Å²) in [6.45, 7) is 0.350. The number of aromatic amines is 1. The number of urea groups is 1. The van der Waals surface area contributed by atoms with E-state index in [4.69, 9.17) is 16.3 Å². The molecule has 0 saturated carbocycles. The number of nitrogens with zero attached hydrogens (tertiary/aromatic N) is 2. The maximum atomic E-state index is 12.6. The topological polar surface area (TPSA) is 118 Å². The van der Waals surface area contributed by atoms with Gasteiger partial charge in [-0.15, -0.1) is 0 Å². The molecule has 0 fully saturated rings. The monoisotopic (exact) mass is 451 g/mol. The molecule has 0 aliphatic rings. The number of carbonyl (C=O) groups is 1. The number of aromatic nitrogens is 3. The van der Waals surface area contributed by atoms with Crippen LogP contribution in [-0.2, 0) is 6.54 Å². The fraction of sp³-hybridized carbons (Fsp3) is 0.0909. The average molecular weight is 452 g/mol. The molecule has 162 valence electrons. The van der Waals surface area contributed by atoms with E-state index in [2.05, 4.69) is 20.6 Å². The molecule has 32 heavy (non-hydrogen) atoms. The van der Waals surface area contributed by atoms with Crippen LogP contribution in [0.15, 0.2) is 76.6 Å². The van der Waals surface area contributed by atoms with Crippen molar-refractivity contribution in [1.82, 2.24) is 19.9 Å². The van der Waals surface area contributed by atoms with Crippen molar-refractivity contribution in [3.63, 3.8) is 0 Å². The number of carbonyl (C=O) groups excluding carboxylic acids is 1. The molecule has 4 rings (SSSR count). The molecule has 9 nitrogen and oxygen atoms in total. The van der Waals surface area contributed by atoms with Crippen LogP contribution in [0.2, 0.25) is 5.02 Å². The van der Waals surface area contributed by atoms with Crippen molar-refractivity contribution in [1.29, 1.82) is 0 Å². The van der Waals surface area contributed by atoms with Gasteiger partial charge in [-0.05, 0) is 48.5 Å². The third-order valence-corrected chi connectivity index (χ3v) is 4.81. The number of anilines is 1. The second kappa shape index (κ2) is 9.36. The van der Waals surface area contributed by atoms with E-state index in [1.165, 1.54) is 16.8 Å². The number of amides is 2. The van der Waals surface area contributed by atoms with Gasteiger partial charge in [0.05, 0.1) is 11.2 Å². The molecule has 3 N–H and O–H groups in total. The largest absolute Gasteiger partial charge is 0.455 e. The van der Waals surface area contributed by atoms with Gasteiger partial charge >= 0.3 is 11.7 Å². The molecule has 0 spiro atoms. The number of pyridine rings is 1. The van der Waals surface area contributed by atoms with Gasteiger partial charge in [0, 0.05) is 42.0 Å². The number of nitrogens with one attached hydrogen (secondary N) is 3. The summed E-state index contributed by atoms with van der Waals surface area (Å²) in [7, 11) is 0. The molecule has 0 aliphatic carbocycles. The van der Waals surface area contributed by atoms with E-state index < -0.39 is 17.3 Å². The molecule has 2 aromatic heterocycles. The minimum atomic E-state index is -0.543. The molecular weight excluding hydrogens is 434 g/mol. The third-order valence-electron chi connectivity index (χ3n) is 4.56. The summed E-state index contributed by atoms with van der Waals surface area (Å²) in [6, 6.07) is 14.7. The van der Waals surface area contributed by atoms with Crippen LogP contribution in [0.1, 0.15) is 0 Å². The van der Waals surface area contributed by atoms with Crippen molar-refractivity contribution in [3.8, 4) is 11.5 Å². The van der Waals surface area contributed by atoms with Crippen LogP contribution in [0.25, 0.3) is 10.9 Å². The maximum absolute atomic E-state index is 12.6. The van der Waals surface area contributed by atoms with Crippen molar-refractivity contribution < 1.29 is 9.53 Å². The van der Waals surface area contributed by atoms with Crippen LogP contribution in [0, 0.1) is 0 Å². The quantitative estimate of drug-likeness (QED) is 0.415. The molecule has 0 unspecified atom stereocenters. The van der Waals surface area contributed by atoms with Gasteiger partial charge in [-0.1, -0.05) is 11.6 Å². The number of ether oxygens (including phenoxy) is 1. The fourth-order valence-electron chi connectivity index (χ4n) is 3.04. The van der Waals surface area contributed by atoms with Gasteiger partial charge in [0.1, 0.15) is 5.75 Å². The number of hydrogen-bond donors (Lipinski definition) is 3. The molecule has 2 heterocycles. The van der Waals surface area contributed by atoms with Gasteiger partial charge in [0.15, 0.2) is 5.75 Å². The van der Waals surface area contributed by atoms with E-state index >= 15 is 0 Å². The number of halogens is 1. The summed E-state index contributed by atoms with van der Waals surface area (Å²) in [5.74, 6) is 0.985. The van der Waals surface area contributed by atoms with E-state index in [-0.39, 0.29) is 13.1 Å². The SMILES string of the molecule is O=C(NCCn1ccc(=O)[nH]c1=O)Nc1c(Oc2ccc(Cl)cc2)ccc2ncccc12. The molecule has 0 saturated heterocycles. The summed E-state index contributed by atoms with van der Waals surface area (Å²) in [5, 5.41) is 6.78. The Morgan fingerprint density at radius 3 is 2.69 bits per heavy atom. The van der Waals surface area contributed by atoms with E-state index in [1.807, 2.05) is 6.07 Å². The molecule has 10 heteroatoms. The summed E-state index contributed by atoms with van der Waals surface area (Å²) in [5.41, 5.74) is 0.114. The molecule has 0 bridgehead atoms. The molecule has 0 aliphatic heterocycles. The van der Waals surface area contributed by atoms with Crippen LogP contribution >= 0.6 is 11.6 Å². The lowest BCUT2D eigenvalue weighted by Crippen LogP contribution is -2.35. The van der Waals surface area contributed by atoms with Crippen LogP contribution in [0.5, 0.6) is 11.5 Å².